The highest BCUT2D eigenvalue weighted by Gasteiger charge is 2.07. The molecule has 0 amide bonds. The van der Waals surface area contributed by atoms with Gasteiger partial charge in [-0.1, -0.05) is 0 Å². The molecule has 2 aromatic rings. The predicted octanol–water partition coefficient (Wildman–Crippen LogP) is 1.64. The van der Waals surface area contributed by atoms with Crippen LogP contribution in [0.1, 0.15) is 11.5 Å². The van der Waals surface area contributed by atoms with Gasteiger partial charge < -0.3 is 9.84 Å². The first kappa shape index (κ1) is 9.67. The van der Waals surface area contributed by atoms with E-state index in [4.69, 9.17) is 10.3 Å². The van der Waals surface area contributed by atoms with Crippen molar-refractivity contribution < 1.29 is 4.42 Å². The van der Waals surface area contributed by atoms with Gasteiger partial charge in [-0.3, -0.25) is 0 Å². The predicted molar refractivity (Wildman–Crippen MR) is 57.0 cm³/mol. The van der Waals surface area contributed by atoms with Gasteiger partial charge >= 0.3 is 0 Å². The summed E-state index contributed by atoms with van der Waals surface area (Å²) in [4.78, 5) is 8.46. The molecule has 5 heteroatoms. The normalized spacial score (nSPS) is 10.3. The van der Waals surface area contributed by atoms with Crippen molar-refractivity contribution in [3.8, 4) is 11.6 Å². The van der Waals surface area contributed by atoms with Gasteiger partial charge in [0.1, 0.15) is 11.6 Å². The van der Waals surface area contributed by atoms with Crippen molar-refractivity contribution in [3.05, 3.63) is 29.7 Å². The van der Waals surface area contributed by atoms with Crippen LogP contribution in [0.5, 0.6) is 0 Å². The molecule has 0 aliphatic carbocycles. The molecule has 5 nitrogen and oxygen atoms in total. The maximum absolute atomic E-state index is 5.43. The Balaban J connectivity index is 2.48. The summed E-state index contributed by atoms with van der Waals surface area (Å²) in [5, 5.41) is 0. The smallest absolute Gasteiger partial charge is 0.197 e. The van der Waals surface area contributed by atoms with Crippen LogP contribution < -0.4 is 11.3 Å². The van der Waals surface area contributed by atoms with Gasteiger partial charge in [-0.05, 0) is 26.0 Å². The van der Waals surface area contributed by atoms with E-state index in [1.807, 2.05) is 26.0 Å². The van der Waals surface area contributed by atoms with Crippen LogP contribution in [0.3, 0.4) is 0 Å². The molecular weight excluding hydrogens is 192 g/mol. The zero-order valence-electron chi connectivity index (χ0n) is 8.61. The van der Waals surface area contributed by atoms with Gasteiger partial charge in [0.05, 0.1) is 0 Å². The molecule has 0 aromatic carbocycles. The number of nitrogen functional groups attached to an aromatic ring is 1. The van der Waals surface area contributed by atoms with Crippen LogP contribution in [-0.2, 0) is 0 Å². The van der Waals surface area contributed by atoms with Crippen LogP contribution in [0.2, 0.25) is 0 Å². The second kappa shape index (κ2) is 3.70. The molecule has 0 fully saturated rings. The number of anilines is 1. The molecule has 0 bridgehead atoms. The van der Waals surface area contributed by atoms with E-state index >= 15 is 0 Å². The third-order valence-corrected chi connectivity index (χ3v) is 1.96. The monoisotopic (exact) mass is 204 g/mol. The van der Waals surface area contributed by atoms with Crippen molar-refractivity contribution >= 4 is 5.82 Å². The van der Waals surface area contributed by atoms with Gasteiger partial charge in [-0.25, -0.2) is 15.8 Å². The number of furan rings is 1. The van der Waals surface area contributed by atoms with Gasteiger partial charge in [0.2, 0.25) is 0 Å². The maximum atomic E-state index is 5.43. The zero-order chi connectivity index (χ0) is 10.8. The van der Waals surface area contributed by atoms with Crippen LogP contribution in [0, 0.1) is 13.8 Å². The van der Waals surface area contributed by atoms with Crippen LogP contribution in [0.4, 0.5) is 5.82 Å². The molecule has 3 N–H and O–H groups in total. The van der Waals surface area contributed by atoms with Gasteiger partial charge in [0, 0.05) is 11.8 Å². The van der Waals surface area contributed by atoms with E-state index in [1.165, 1.54) is 0 Å². The Morgan fingerprint density at radius 1 is 1.27 bits per heavy atom. The minimum atomic E-state index is 0.538. The largest absolute Gasteiger partial charge is 0.458 e. The van der Waals surface area contributed by atoms with Gasteiger partial charge in [-0.15, -0.1) is 0 Å². The second-order valence-electron chi connectivity index (χ2n) is 3.27. The third-order valence-electron chi connectivity index (χ3n) is 1.96. The van der Waals surface area contributed by atoms with Gasteiger partial charge in [-0.2, -0.15) is 0 Å². The minimum Gasteiger partial charge on any atom is -0.458 e. The minimum absolute atomic E-state index is 0.538. The summed E-state index contributed by atoms with van der Waals surface area (Å²) in [6.45, 7) is 3.75. The van der Waals surface area contributed by atoms with Crippen molar-refractivity contribution in [2.45, 2.75) is 13.8 Å². The molecule has 2 rings (SSSR count). The average molecular weight is 204 g/mol. The van der Waals surface area contributed by atoms with E-state index in [9.17, 15) is 0 Å². The number of nitrogens with one attached hydrogen (secondary N) is 1. The average Bonchev–Trinajstić information content (AvgIpc) is 2.64. The van der Waals surface area contributed by atoms with E-state index in [0.29, 0.717) is 17.4 Å². The summed E-state index contributed by atoms with van der Waals surface area (Å²) in [7, 11) is 0. The lowest BCUT2D eigenvalue weighted by atomic mass is 10.3. The fraction of sp³-hybridized carbons (Fsp3) is 0.200. The van der Waals surface area contributed by atoms with Crippen molar-refractivity contribution in [3.63, 3.8) is 0 Å². The first-order valence-electron chi connectivity index (χ1n) is 4.58. The molecule has 2 heterocycles. The van der Waals surface area contributed by atoms with Crippen molar-refractivity contribution in [2.24, 2.45) is 5.84 Å². The van der Waals surface area contributed by atoms with Crippen molar-refractivity contribution in [1.29, 1.82) is 0 Å². The third kappa shape index (κ3) is 1.97. The van der Waals surface area contributed by atoms with Crippen LogP contribution in [0.25, 0.3) is 11.6 Å². The van der Waals surface area contributed by atoms with Crippen LogP contribution in [0.15, 0.2) is 22.6 Å². The molecule has 0 spiro atoms. The summed E-state index contributed by atoms with van der Waals surface area (Å²) in [5.41, 5.74) is 3.33. The van der Waals surface area contributed by atoms with Gasteiger partial charge in [0.25, 0.3) is 0 Å². The Morgan fingerprint density at radius 2 is 2.07 bits per heavy atom. The standard InChI is InChI=1S/C10H12N4O/c1-6-5-9(14-11)13-10(12-6)8-4-3-7(2)15-8/h3-5H,11H2,1-2H3,(H,12,13,14). The van der Waals surface area contributed by atoms with Crippen molar-refractivity contribution in [2.75, 3.05) is 5.43 Å². The highest BCUT2D eigenvalue weighted by atomic mass is 16.3. The SMILES string of the molecule is Cc1cc(NN)nc(-c2ccc(C)o2)n1. The number of hydrazine groups is 1. The molecule has 0 saturated carbocycles. The lowest BCUT2D eigenvalue weighted by molar-refractivity contribution is 0.544. The molecule has 0 unspecified atom stereocenters. The second-order valence-corrected chi connectivity index (χ2v) is 3.27. The highest BCUT2D eigenvalue weighted by Crippen LogP contribution is 2.19. The summed E-state index contributed by atoms with van der Waals surface area (Å²) in [6.07, 6.45) is 0. The lowest BCUT2D eigenvalue weighted by Crippen LogP contribution is -2.09. The Bertz CT molecular complexity index is 478. The molecule has 78 valence electrons. The highest BCUT2D eigenvalue weighted by molar-refractivity contribution is 5.51. The molecule has 15 heavy (non-hydrogen) atoms. The van der Waals surface area contributed by atoms with E-state index in [0.717, 1.165) is 11.5 Å². The molecule has 0 radical (unpaired) electrons. The zero-order valence-corrected chi connectivity index (χ0v) is 8.61. The van der Waals surface area contributed by atoms with Crippen molar-refractivity contribution in [1.82, 2.24) is 9.97 Å². The topological polar surface area (TPSA) is 77.0 Å². The summed E-state index contributed by atoms with van der Waals surface area (Å²) in [6, 6.07) is 5.47. The lowest BCUT2D eigenvalue weighted by Gasteiger charge is -2.02. The first-order chi connectivity index (χ1) is 7.19. The molecule has 0 aliphatic heterocycles. The molecular formula is C10H12N4O. The fourth-order valence-electron chi connectivity index (χ4n) is 1.31. The Kier molecular flexibility index (Phi) is 2.39. The number of nitrogens with two attached hydrogens (primary N) is 1. The Morgan fingerprint density at radius 3 is 2.67 bits per heavy atom. The van der Waals surface area contributed by atoms with Gasteiger partial charge in [0.15, 0.2) is 11.6 Å². The number of hydrogen-bond acceptors (Lipinski definition) is 5. The number of aromatic nitrogens is 2. The summed E-state index contributed by atoms with van der Waals surface area (Å²) >= 11 is 0. The molecule has 0 saturated heterocycles. The first-order valence-corrected chi connectivity index (χ1v) is 4.58. The number of aryl methyl sites for hydroxylation is 2. The van der Waals surface area contributed by atoms with E-state index < -0.39 is 0 Å². The van der Waals surface area contributed by atoms with E-state index in [2.05, 4.69) is 15.4 Å². The Hall–Kier alpha value is -1.88. The number of nitrogens with zero attached hydrogens (tertiary/aromatic N) is 2. The number of rotatable bonds is 2. The van der Waals surface area contributed by atoms with Crippen LogP contribution in [-0.4, -0.2) is 9.97 Å². The summed E-state index contributed by atoms with van der Waals surface area (Å²) in [5.74, 6) is 7.89. The maximum Gasteiger partial charge on any atom is 0.197 e. The van der Waals surface area contributed by atoms with Crippen LogP contribution >= 0.6 is 0 Å². The number of hydrogen-bond donors (Lipinski definition) is 2. The summed E-state index contributed by atoms with van der Waals surface area (Å²) < 4.78 is 5.43. The molecule has 0 aliphatic rings. The molecule has 2 aromatic heterocycles. The van der Waals surface area contributed by atoms with E-state index in [-0.39, 0.29) is 0 Å². The Labute approximate surface area is 87.3 Å². The quantitative estimate of drug-likeness (QED) is 0.574. The molecule has 0 atom stereocenters. The fourth-order valence-corrected chi connectivity index (χ4v) is 1.31. The van der Waals surface area contributed by atoms with E-state index in [1.54, 1.807) is 6.07 Å².